The van der Waals surface area contributed by atoms with Crippen LogP contribution in [0.3, 0.4) is 0 Å². The molecule has 0 saturated carbocycles. The molecule has 3 aromatic rings. The molecule has 0 radical (unpaired) electrons. The van der Waals surface area contributed by atoms with Crippen LogP contribution < -0.4 is 4.74 Å². The molecule has 0 aliphatic carbocycles. The average Bonchev–Trinajstić information content (AvgIpc) is 2.83. The highest BCUT2D eigenvalue weighted by Gasteiger charge is 2.07. The fourth-order valence-corrected chi connectivity index (χ4v) is 1.98. The van der Waals surface area contributed by atoms with E-state index in [1.165, 1.54) is 0 Å². The molecule has 3 nitrogen and oxygen atoms in total. The minimum absolute atomic E-state index is 0.134. The van der Waals surface area contributed by atoms with Gasteiger partial charge in [0.1, 0.15) is 18.1 Å². The summed E-state index contributed by atoms with van der Waals surface area (Å²) < 4.78 is 11.1. The van der Waals surface area contributed by atoms with Gasteiger partial charge in [0.25, 0.3) is 0 Å². The number of phenols is 1. The highest BCUT2D eigenvalue weighted by molar-refractivity contribution is 6.30. The summed E-state index contributed by atoms with van der Waals surface area (Å²) >= 11 is 5.80. The van der Waals surface area contributed by atoms with E-state index in [0.29, 0.717) is 28.7 Å². The Hall–Kier alpha value is -2.13. The first-order chi connectivity index (χ1) is 9.22. The Morgan fingerprint density at radius 3 is 2.63 bits per heavy atom. The first kappa shape index (κ1) is 11.9. The second-order valence-electron chi connectivity index (χ2n) is 4.15. The molecule has 0 amide bonds. The highest BCUT2D eigenvalue weighted by Crippen LogP contribution is 2.28. The number of halogens is 1. The van der Waals surface area contributed by atoms with Crippen molar-refractivity contribution >= 4 is 22.6 Å². The van der Waals surface area contributed by atoms with Crippen molar-refractivity contribution in [1.82, 2.24) is 0 Å². The van der Waals surface area contributed by atoms with E-state index in [9.17, 15) is 5.11 Å². The van der Waals surface area contributed by atoms with Crippen molar-refractivity contribution in [3.63, 3.8) is 0 Å². The molecule has 0 spiro atoms. The quantitative estimate of drug-likeness (QED) is 0.771. The number of hydrogen-bond acceptors (Lipinski definition) is 3. The summed E-state index contributed by atoms with van der Waals surface area (Å²) in [5.41, 5.74) is 0.484. The normalized spacial score (nSPS) is 10.8. The average molecular weight is 275 g/mol. The Bertz CT molecular complexity index is 701. The lowest BCUT2D eigenvalue weighted by Gasteiger charge is -2.03. The van der Waals surface area contributed by atoms with Gasteiger partial charge < -0.3 is 14.3 Å². The smallest absolute Gasteiger partial charge is 0.176 e. The first-order valence-corrected chi connectivity index (χ1v) is 6.19. The van der Waals surface area contributed by atoms with Gasteiger partial charge in [0.05, 0.1) is 0 Å². The molecule has 0 aliphatic heterocycles. The number of benzene rings is 2. The van der Waals surface area contributed by atoms with Crippen molar-refractivity contribution < 1.29 is 14.3 Å². The first-order valence-electron chi connectivity index (χ1n) is 5.81. The maximum absolute atomic E-state index is 9.65. The van der Waals surface area contributed by atoms with E-state index in [1.807, 2.05) is 12.1 Å². The fourth-order valence-electron chi connectivity index (χ4n) is 1.86. The standard InChI is InChI=1S/C15H11ClO3/c16-11-4-6-12(7-5-11)18-9-13-8-10-2-1-3-14(17)15(10)19-13/h1-8,17H,9H2. The number of ether oxygens (including phenoxy) is 1. The largest absolute Gasteiger partial charge is 0.504 e. The van der Waals surface area contributed by atoms with Gasteiger partial charge in [-0.1, -0.05) is 23.7 Å². The van der Waals surface area contributed by atoms with Crippen molar-refractivity contribution in [2.24, 2.45) is 0 Å². The van der Waals surface area contributed by atoms with Crippen LogP contribution in [0, 0.1) is 0 Å². The third-order valence-corrected chi connectivity index (χ3v) is 3.02. The summed E-state index contributed by atoms with van der Waals surface area (Å²) in [4.78, 5) is 0. The summed E-state index contributed by atoms with van der Waals surface area (Å²) in [6.45, 7) is 0.301. The van der Waals surface area contributed by atoms with E-state index in [-0.39, 0.29) is 5.75 Å². The summed E-state index contributed by atoms with van der Waals surface area (Å²) in [6, 6.07) is 14.2. The number of rotatable bonds is 3. The molecule has 0 aliphatic rings. The summed E-state index contributed by atoms with van der Waals surface area (Å²) in [5, 5.41) is 11.2. The third-order valence-electron chi connectivity index (χ3n) is 2.77. The van der Waals surface area contributed by atoms with Gasteiger partial charge in [-0.25, -0.2) is 0 Å². The Balaban J connectivity index is 1.78. The number of phenolic OH excluding ortho intramolecular Hbond substituents is 1. The van der Waals surface area contributed by atoms with E-state index >= 15 is 0 Å². The zero-order valence-electron chi connectivity index (χ0n) is 9.97. The Morgan fingerprint density at radius 2 is 1.89 bits per heavy atom. The third kappa shape index (κ3) is 2.51. The number of furan rings is 1. The van der Waals surface area contributed by atoms with Crippen LogP contribution in [0.25, 0.3) is 11.0 Å². The lowest BCUT2D eigenvalue weighted by atomic mass is 10.2. The molecular weight excluding hydrogens is 264 g/mol. The van der Waals surface area contributed by atoms with Crippen LogP contribution in [-0.2, 0) is 6.61 Å². The van der Waals surface area contributed by atoms with Gasteiger partial charge in [0.15, 0.2) is 11.3 Å². The highest BCUT2D eigenvalue weighted by atomic mass is 35.5. The fraction of sp³-hybridized carbons (Fsp3) is 0.0667. The van der Waals surface area contributed by atoms with Gasteiger partial charge in [-0.05, 0) is 36.4 Å². The Kier molecular flexibility index (Phi) is 3.05. The minimum atomic E-state index is 0.134. The minimum Gasteiger partial charge on any atom is -0.504 e. The summed E-state index contributed by atoms with van der Waals surface area (Å²) in [7, 11) is 0. The second-order valence-corrected chi connectivity index (χ2v) is 4.59. The van der Waals surface area contributed by atoms with Crippen molar-refractivity contribution in [3.05, 3.63) is 59.3 Å². The SMILES string of the molecule is Oc1cccc2cc(COc3ccc(Cl)cc3)oc12. The van der Waals surface area contributed by atoms with Gasteiger partial charge >= 0.3 is 0 Å². The van der Waals surface area contributed by atoms with E-state index in [2.05, 4.69) is 0 Å². The monoisotopic (exact) mass is 274 g/mol. The van der Waals surface area contributed by atoms with Crippen LogP contribution in [0.4, 0.5) is 0 Å². The van der Waals surface area contributed by atoms with Crippen molar-refractivity contribution in [3.8, 4) is 11.5 Å². The van der Waals surface area contributed by atoms with E-state index in [4.69, 9.17) is 20.8 Å². The second kappa shape index (κ2) is 4.86. The molecule has 4 heteroatoms. The molecule has 0 fully saturated rings. The Labute approximate surface area is 115 Å². The molecule has 1 aromatic heterocycles. The van der Waals surface area contributed by atoms with E-state index in [0.717, 1.165) is 5.39 Å². The molecule has 0 atom stereocenters. The molecular formula is C15H11ClO3. The lowest BCUT2D eigenvalue weighted by Crippen LogP contribution is -1.92. The Morgan fingerprint density at radius 1 is 1.11 bits per heavy atom. The lowest BCUT2D eigenvalue weighted by molar-refractivity contribution is 0.273. The number of aromatic hydroxyl groups is 1. The maximum Gasteiger partial charge on any atom is 0.176 e. The molecule has 0 bridgehead atoms. The topological polar surface area (TPSA) is 42.6 Å². The van der Waals surface area contributed by atoms with Gasteiger partial charge in [0.2, 0.25) is 0 Å². The molecule has 2 aromatic carbocycles. The predicted molar refractivity (Wildman–Crippen MR) is 73.7 cm³/mol. The molecule has 19 heavy (non-hydrogen) atoms. The van der Waals surface area contributed by atoms with Crippen molar-refractivity contribution in [1.29, 1.82) is 0 Å². The van der Waals surface area contributed by atoms with E-state index in [1.54, 1.807) is 36.4 Å². The molecule has 1 heterocycles. The number of para-hydroxylation sites is 1. The van der Waals surface area contributed by atoms with Crippen LogP contribution >= 0.6 is 11.6 Å². The van der Waals surface area contributed by atoms with Gasteiger partial charge in [-0.15, -0.1) is 0 Å². The van der Waals surface area contributed by atoms with Gasteiger partial charge in [0, 0.05) is 10.4 Å². The predicted octanol–water partition coefficient (Wildman–Crippen LogP) is 4.37. The molecule has 1 N–H and O–H groups in total. The molecule has 96 valence electrons. The molecule has 3 rings (SSSR count). The van der Waals surface area contributed by atoms with Gasteiger partial charge in [-0.3, -0.25) is 0 Å². The maximum atomic E-state index is 9.65. The summed E-state index contributed by atoms with van der Waals surface area (Å²) in [5.74, 6) is 1.51. The van der Waals surface area contributed by atoms with Gasteiger partial charge in [-0.2, -0.15) is 0 Å². The van der Waals surface area contributed by atoms with Crippen LogP contribution in [0.1, 0.15) is 5.76 Å². The van der Waals surface area contributed by atoms with Crippen molar-refractivity contribution in [2.75, 3.05) is 0 Å². The number of hydrogen-bond donors (Lipinski definition) is 1. The zero-order valence-corrected chi connectivity index (χ0v) is 10.7. The van der Waals surface area contributed by atoms with Crippen LogP contribution in [-0.4, -0.2) is 5.11 Å². The van der Waals surface area contributed by atoms with Crippen LogP contribution in [0.2, 0.25) is 5.02 Å². The van der Waals surface area contributed by atoms with Crippen LogP contribution in [0.15, 0.2) is 52.9 Å². The summed E-state index contributed by atoms with van der Waals surface area (Å²) in [6.07, 6.45) is 0. The van der Waals surface area contributed by atoms with Crippen molar-refractivity contribution in [2.45, 2.75) is 6.61 Å². The number of fused-ring (bicyclic) bond motifs is 1. The molecule has 0 unspecified atom stereocenters. The van der Waals surface area contributed by atoms with Crippen LogP contribution in [0.5, 0.6) is 11.5 Å². The molecule has 0 saturated heterocycles. The van der Waals surface area contributed by atoms with E-state index < -0.39 is 0 Å². The zero-order chi connectivity index (χ0) is 13.2.